The van der Waals surface area contributed by atoms with E-state index in [1.807, 2.05) is 0 Å². The molecule has 0 aliphatic heterocycles. The van der Waals surface area contributed by atoms with Crippen LogP contribution in [0.3, 0.4) is 0 Å². The Bertz CT molecular complexity index is 1050. The first-order valence-corrected chi connectivity index (χ1v) is 13.9. The van der Waals surface area contributed by atoms with Crippen molar-refractivity contribution < 1.29 is 19.7 Å². The molecule has 1 aromatic rings. The van der Waals surface area contributed by atoms with Crippen LogP contribution in [0.25, 0.3) is 0 Å². The van der Waals surface area contributed by atoms with Gasteiger partial charge in [0.15, 0.2) is 11.5 Å². The molecule has 1 rings (SSSR count). The summed E-state index contributed by atoms with van der Waals surface area (Å²) in [4.78, 5) is 0. The third kappa shape index (κ3) is 11.7. The smallest absolute Gasteiger partial charge is 0.207 e. The summed E-state index contributed by atoms with van der Waals surface area (Å²) in [5.41, 5.74) is 8.31. The number of benzene rings is 1. The summed E-state index contributed by atoms with van der Waals surface area (Å²) >= 11 is 0. The van der Waals surface area contributed by atoms with Crippen molar-refractivity contribution in [3.8, 4) is 23.0 Å². The van der Waals surface area contributed by atoms with E-state index in [-0.39, 0.29) is 23.0 Å². The highest BCUT2D eigenvalue weighted by Crippen LogP contribution is 2.48. The minimum absolute atomic E-state index is 0.00718. The first-order valence-electron chi connectivity index (χ1n) is 13.9. The van der Waals surface area contributed by atoms with Crippen molar-refractivity contribution in [1.29, 1.82) is 0 Å². The Labute approximate surface area is 232 Å². The second-order valence-electron chi connectivity index (χ2n) is 10.7. The fourth-order valence-corrected chi connectivity index (χ4v) is 4.38. The van der Waals surface area contributed by atoms with Crippen LogP contribution in [0.2, 0.25) is 0 Å². The Morgan fingerprint density at radius 2 is 0.947 bits per heavy atom. The molecule has 1 aromatic carbocycles. The molecule has 0 unspecified atom stereocenters. The molecule has 0 aromatic heterocycles. The summed E-state index contributed by atoms with van der Waals surface area (Å²) in [6, 6.07) is 0. The van der Waals surface area contributed by atoms with Crippen LogP contribution in [0.15, 0.2) is 58.2 Å². The largest absolute Gasteiger partial charge is 0.504 e. The topological polar surface area (TPSA) is 58.9 Å². The van der Waals surface area contributed by atoms with Crippen LogP contribution in [-0.4, -0.2) is 24.4 Å². The highest BCUT2D eigenvalue weighted by atomic mass is 16.5. The summed E-state index contributed by atoms with van der Waals surface area (Å²) in [7, 11) is 2.90. The Kier molecular flexibility index (Phi) is 15.3. The van der Waals surface area contributed by atoms with Gasteiger partial charge >= 0.3 is 0 Å². The predicted octanol–water partition coefficient (Wildman–Crippen LogP) is 9.84. The van der Waals surface area contributed by atoms with Crippen LogP contribution >= 0.6 is 0 Å². The van der Waals surface area contributed by atoms with E-state index >= 15 is 0 Å². The molecule has 0 bridgehead atoms. The highest BCUT2D eigenvalue weighted by molar-refractivity contribution is 5.66. The summed E-state index contributed by atoms with van der Waals surface area (Å²) in [5.74, 6) is 0.359. The van der Waals surface area contributed by atoms with Gasteiger partial charge in [-0.3, -0.25) is 0 Å². The Balaban J connectivity index is 2.51. The predicted molar refractivity (Wildman–Crippen MR) is 163 cm³/mol. The van der Waals surface area contributed by atoms with E-state index in [2.05, 4.69) is 71.9 Å². The molecule has 2 N–H and O–H groups in total. The fraction of sp³-hybridized carbons (Fsp3) is 0.529. The lowest BCUT2D eigenvalue weighted by atomic mass is 9.99. The first-order chi connectivity index (χ1) is 18.0. The van der Waals surface area contributed by atoms with Gasteiger partial charge in [-0.2, -0.15) is 0 Å². The zero-order chi connectivity index (χ0) is 28.7. The summed E-state index contributed by atoms with van der Waals surface area (Å²) in [6.07, 6.45) is 20.8. The number of aromatic hydroxyl groups is 2. The SMILES string of the molecule is COc1c(O)c(C)c(CC=C(C)CCC=C(C)CCC=C(C)CCC=C(C)CCC=C(C)C)c(O)c1OC. The Morgan fingerprint density at radius 1 is 0.579 bits per heavy atom. The maximum atomic E-state index is 10.6. The van der Waals surface area contributed by atoms with Gasteiger partial charge < -0.3 is 19.7 Å². The lowest BCUT2D eigenvalue weighted by Gasteiger charge is -2.17. The molecule has 0 aliphatic rings. The van der Waals surface area contributed by atoms with Gasteiger partial charge in [0.1, 0.15) is 0 Å². The van der Waals surface area contributed by atoms with E-state index in [1.54, 1.807) is 6.92 Å². The summed E-state index contributed by atoms with van der Waals surface area (Å²) in [6.45, 7) is 14.9. The normalized spacial score (nSPS) is 13.1. The van der Waals surface area contributed by atoms with Gasteiger partial charge in [-0.1, -0.05) is 58.2 Å². The molecular weight excluding hydrogens is 472 g/mol. The number of allylic oxidation sites excluding steroid dienone is 10. The quantitative estimate of drug-likeness (QED) is 0.167. The fourth-order valence-electron chi connectivity index (χ4n) is 4.38. The molecule has 0 fully saturated rings. The van der Waals surface area contributed by atoms with E-state index in [9.17, 15) is 10.2 Å². The molecule has 0 atom stereocenters. The maximum absolute atomic E-state index is 10.6. The van der Waals surface area contributed by atoms with Gasteiger partial charge in [-0.05, 0) is 106 Å². The molecule has 0 saturated heterocycles. The van der Waals surface area contributed by atoms with Crippen molar-refractivity contribution in [3.05, 3.63) is 69.4 Å². The number of phenolic OH excluding ortho intramolecular Hbond substituents is 2. The van der Waals surface area contributed by atoms with Crippen molar-refractivity contribution in [2.75, 3.05) is 14.2 Å². The number of phenols is 2. The van der Waals surface area contributed by atoms with Crippen LogP contribution in [0.5, 0.6) is 23.0 Å². The highest BCUT2D eigenvalue weighted by Gasteiger charge is 2.22. The third-order valence-corrected chi connectivity index (χ3v) is 6.98. The average Bonchev–Trinajstić information content (AvgIpc) is 2.85. The first kappa shape index (κ1) is 33.1. The van der Waals surface area contributed by atoms with Crippen molar-refractivity contribution in [3.63, 3.8) is 0 Å². The number of hydrogen-bond acceptors (Lipinski definition) is 4. The second-order valence-corrected chi connectivity index (χ2v) is 10.7. The van der Waals surface area contributed by atoms with Gasteiger partial charge in [-0.25, -0.2) is 0 Å². The van der Waals surface area contributed by atoms with Crippen molar-refractivity contribution in [2.24, 2.45) is 0 Å². The molecule has 212 valence electrons. The van der Waals surface area contributed by atoms with Gasteiger partial charge in [0.2, 0.25) is 11.5 Å². The van der Waals surface area contributed by atoms with Gasteiger partial charge in [0.25, 0.3) is 0 Å². The number of hydrogen-bond donors (Lipinski definition) is 2. The van der Waals surface area contributed by atoms with Crippen LogP contribution in [0.4, 0.5) is 0 Å². The lowest BCUT2D eigenvalue weighted by molar-refractivity contribution is 0.314. The van der Waals surface area contributed by atoms with E-state index in [0.717, 1.165) is 51.4 Å². The number of ether oxygens (including phenoxy) is 2. The second kappa shape index (κ2) is 17.6. The minimum atomic E-state index is 0.00718. The molecule has 0 saturated carbocycles. The van der Waals surface area contributed by atoms with Crippen molar-refractivity contribution in [1.82, 2.24) is 0 Å². The Hall–Kier alpha value is -2.88. The van der Waals surface area contributed by atoms with E-state index in [0.29, 0.717) is 17.5 Å². The zero-order valence-electron chi connectivity index (χ0n) is 25.5. The Morgan fingerprint density at radius 3 is 1.34 bits per heavy atom. The summed E-state index contributed by atoms with van der Waals surface area (Å²) < 4.78 is 10.5. The van der Waals surface area contributed by atoms with Gasteiger partial charge in [0.05, 0.1) is 14.2 Å². The molecule has 0 amide bonds. The number of methoxy groups -OCH3 is 2. The average molecular weight is 525 g/mol. The van der Waals surface area contributed by atoms with Crippen molar-refractivity contribution >= 4 is 0 Å². The summed E-state index contributed by atoms with van der Waals surface area (Å²) in [5, 5.41) is 21.1. The van der Waals surface area contributed by atoms with Crippen LogP contribution in [0, 0.1) is 6.92 Å². The molecule has 0 aliphatic carbocycles. The molecule has 0 heterocycles. The van der Waals surface area contributed by atoms with E-state index in [4.69, 9.17) is 9.47 Å². The third-order valence-electron chi connectivity index (χ3n) is 6.98. The van der Waals surface area contributed by atoms with E-state index < -0.39 is 0 Å². The minimum Gasteiger partial charge on any atom is -0.504 e. The monoisotopic (exact) mass is 524 g/mol. The lowest BCUT2D eigenvalue weighted by Crippen LogP contribution is -1.98. The molecule has 0 spiro atoms. The van der Waals surface area contributed by atoms with Gasteiger partial charge in [-0.15, -0.1) is 0 Å². The number of rotatable bonds is 16. The molecule has 38 heavy (non-hydrogen) atoms. The van der Waals surface area contributed by atoms with Crippen LogP contribution in [0.1, 0.15) is 104 Å². The maximum Gasteiger partial charge on any atom is 0.207 e. The van der Waals surface area contributed by atoms with Crippen LogP contribution < -0.4 is 9.47 Å². The molecule has 4 heteroatoms. The zero-order valence-corrected chi connectivity index (χ0v) is 25.5. The molecular formula is C34H52O4. The molecule has 4 nitrogen and oxygen atoms in total. The standard InChI is InChI=1S/C34H52O4/c1-24(2)14-10-15-25(3)16-11-17-26(4)18-12-19-27(5)20-13-21-28(6)22-23-30-29(7)31(35)33(37-8)34(38-9)32(30)36/h14,16,18,20,22,35-36H,10-13,15,17,19,21,23H2,1-9H3. The van der Waals surface area contributed by atoms with E-state index in [1.165, 1.54) is 42.1 Å². The molecule has 0 radical (unpaired) electrons. The van der Waals surface area contributed by atoms with Crippen LogP contribution in [-0.2, 0) is 6.42 Å². The van der Waals surface area contributed by atoms with Gasteiger partial charge in [0, 0.05) is 11.1 Å². The van der Waals surface area contributed by atoms with Crippen molar-refractivity contribution in [2.45, 2.75) is 106 Å².